The Morgan fingerprint density at radius 3 is 2.53 bits per heavy atom. The molecule has 0 radical (unpaired) electrons. The van der Waals surface area contributed by atoms with Crippen LogP contribution in [0.2, 0.25) is 0 Å². The Hall–Kier alpha value is -0.600. The Bertz CT molecular complexity index is 371. The summed E-state index contributed by atoms with van der Waals surface area (Å²) in [6.45, 7) is 3.20. The van der Waals surface area contributed by atoms with E-state index in [9.17, 15) is 13.5 Å². The van der Waals surface area contributed by atoms with Gasteiger partial charge in [0, 0.05) is 5.75 Å². The van der Waals surface area contributed by atoms with Crippen LogP contribution in [0, 0.1) is 22.7 Å². The Balaban J connectivity index is 2.95. The first-order valence-electron chi connectivity index (χ1n) is 5.15. The fraction of sp³-hybridized carbons (Fsp3) is 0.900. The Morgan fingerprint density at radius 1 is 1.60 bits per heavy atom. The molecule has 86 valence electrons. The van der Waals surface area contributed by atoms with Crippen molar-refractivity contribution in [1.82, 2.24) is 0 Å². The predicted molar refractivity (Wildman–Crippen MR) is 56.8 cm³/mol. The highest BCUT2D eigenvalue weighted by Crippen LogP contribution is 2.45. The summed E-state index contributed by atoms with van der Waals surface area (Å²) in [7, 11) is -3.08. The minimum atomic E-state index is -3.08. The molecule has 0 aromatic heterocycles. The van der Waals surface area contributed by atoms with Crippen LogP contribution in [0.4, 0.5) is 0 Å². The standard InChI is InChI=1S/C10H17NO3S/c1-3-15(13,14)9-4-8(2)10(5-9,6-11)7-12/h8-9,12H,3-5,7H2,1-2H3/t8-,9-,10-/m0/s1. The fourth-order valence-corrected chi connectivity index (χ4v) is 3.84. The summed E-state index contributed by atoms with van der Waals surface area (Å²) in [5.74, 6) is 0.0518. The van der Waals surface area contributed by atoms with E-state index in [2.05, 4.69) is 6.07 Å². The van der Waals surface area contributed by atoms with Gasteiger partial charge < -0.3 is 5.11 Å². The van der Waals surface area contributed by atoms with Gasteiger partial charge in [-0.1, -0.05) is 13.8 Å². The highest BCUT2D eigenvalue weighted by molar-refractivity contribution is 7.92. The zero-order valence-corrected chi connectivity index (χ0v) is 9.92. The molecule has 3 atom stereocenters. The largest absolute Gasteiger partial charge is 0.395 e. The van der Waals surface area contributed by atoms with Crippen molar-refractivity contribution in [2.45, 2.75) is 31.9 Å². The zero-order chi connectivity index (χ0) is 11.7. The van der Waals surface area contributed by atoms with Gasteiger partial charge in [0.1, 0.15) is 0 Å². The number of sulfone groups is 1. The van der Waals surface area contributed by atoms with Gasteiger partial charge in [-0.2, -0.15) is 5.26 Å². The number of hydrogen-bond donors (Lipinski definition) is 1. The monoisotopic (exact) mass is 231 g/mol. The normalized spacial score (nSPS) is 36.4. The van der Waals surface area contributed by atoms with Crippen molar-refractivity contribution in [1.29, 1.82) is 5.26 Å². The number of nitrogens with zero attached hydrogens (tertiary/aromatic N) is 1. The zero-order valence-electron chi connectivity index (χ0n) is 9.10. The molecule has 0 unspecified atom stereocenters. The molecule has 0 saturated heterocycles. The number of rotatable bonds is 3. The second-order valence-electron chi connectivity index (χ2n) is 4.34. The van der Waals surface area contributed by atoms with Gasteiger partial charge in [0.15, 0.2) is 9.84 Å². The van der Waals surface area contributed by atoms with Crippen molar-refractivity contribution in [3.8, 4) is 6.07 Å². The average molecular weight is 231 g/mol. The summed E-state index contributed by atoms with van der Waals surface area (Å²) in [5.41, 5.74) is -0.854. The van der Waals surface area contributed by atoms with Gasteiger partial charge in [0.25, 0.3) is 0 Å². The third-order valence-corrected chi connectivity index (χ3v) is 5.75. The van der Waals surface area contributed by atoms with Gasteiger partial charge in [-0.15, -0.1) is 0 Å². The summed E-state index contributed by atoms with van der Waals surface area (Å²) >= 11 is 0. The van der Waals surface area contributed by atoms with Crippen LogP contribution >= 0.6 is 0 Å². The number of nitriles is 1. The molecular weight excluding hydrogens is 214 g/mol. The molecule has 0 aromatic rings. The van der Waals surface area contributed by atoms with E-state index >= 15 is 0 Å². The lowest BCUT2D eigenvalue weighted by Crippen LogP contribution is -2.27. The second-order valence-corrected chi connectivity index (χ2v) is 6.91. The molecule has 0 heterocycles. The third-order valence-electron chi connectivity index (χ3n) is 3.57. The highest BCUT2D eigenvalue weighted by Gasteiger charge is 2.48. The molecule has 1 saturated carbocycles. The number of aliphatic hydroxyl groups excluding tert-OH is 1. The van der Waals surface area contributed by atoms with Crippen LogP contribution in [0.25, 0.3) is 0 Å². The Morgan fingerprint density at radius 2 is 2.20 bits per heavy atom. The maximum absolute atomic E-state index is 11.7. The molecule has 1 N–H and O–H groups in total. The van der Waals surface area contributed by atoms with E-state index in [1.54, 1.807) is 6.92 Å². The van der Waals surface area contributed by atoms with Crippen molar-refractivity contribution < 1.29 is 13.5 Å². The molecule has 0 aromatic carbocycles. The third kappa shape index (κ3) is 2.01. The first-order chi connectivity index (χ1) is 6.91. The van der Waals surface area contributed by atoms with Crippen molar-refractivity contribution in [3.63, 3.8) is 0 Å². The number of aliphatic hydroxyl groups is 1. The Labute approximate surface area is 90.8 Å². The van der Waals surface area contributed by atoms with Crippen LogP contribution in [-0.2, 0) is 9.84 Å². The summed E-state index contributed by atoms with van der Waals surface area (Å²) in [4.78, 5) is 0. The van der Waals surface area contributed by atoms with E-state index in [0.717, 1.165) is 0 Å². The first-order valence-corrected chi connectivity index (χ1v) is 6.87. The SMILES string of the molecule is CCS(=O)(=O)[C@H]1C[C@H](C)[C@@](C#N)(CO)C1. The predicted octanol–water partition coefficient (Wildman–Crippen LogP) is 0.722. The smallest absolute Gasteiger partial charge is 0.152 e. The maximum Gasteiger partial charge on any atom is 0.152 e. The molecule has 1 aliphatic carbocycles. The fourth-order valence-electron chi connectivity index (χ4n) is 2.23. The molecule has 1 fully saturated rings. The molecule has 0 amide bonds. The molecule has 15 heavy (non-hydrogen) atoms. The summed E-state index contributed by atoms with van der Waals surface area (Å²) in [6, 6.07) is 2.09. The average Bonchev–Trinajstić information content (AvgIpc) is 2.57. The quantitative estimate of drug-likeness (QED) is 0.776. The second kappa shape index (κ2) is 4.11. The lowest BCUT2D eigenvalue weighted by Gasteiger charge is -2.22. The maximum atomic E-state index is 11.7. The minimum Gasteiger partial charge on any atom is -0.395 e. The van der Waals surface area contributed by atoms with E-state index in [4.69, 9.17) is 5.26 Å². The van der Waals surface area contributed by atoms with Crippen LogP contribution in [0.15, 0.2) is 0 Å². The van der Waals surface area contributed by atoms with Crippen LogP contribution in [0.5, 0.6) is 0 Å². The molecule has 1 aliphatic rings. The van der Waals surface area contributed by atoms with Crippen LogP contribution in [-0.4, -0.2) is 31.1 Å². The van der Waals surface area contributed by atoms with Gasteiger partial charge >= 0.3 is 0 Å². The molecular formula is C10H17NO3S. The van der Waals surface area contributed by atoms with Gasteiger partial charge in [-0.25, -0.2) is 8.42 Å². The summed E-state index contributed by atoms with van der Waals surface area (Å²) < 4.78 is 23.4. The van der Waals surface area contributed by atoms with Crippen molar-refractivity contribution in [2.24, 2.45) is 11.3 Å². The van der Waals surface area contributed by atoms with Crippen LogP contribution in [0.1, 0.15) is 26.7 Å². The Kier molecular flexibility index (Phi) is 3.41. The minimum absolute atomic E-state index is 0.0566. The molecule has 5 heteroatoms. The van der Waals surface area contributed by atoms with Gasteiger partial charge in [0.05, 0.1) is 23.3 Å². The lowest BCUT2D eigenvalue weighted by molar-refractivity contribution is 0.144. The lowest BCUT2D eigenvalue weighted by atomic mass is 9.81. The molecule has 4 nitrogen and oxygen atoms in total. The van der Waals surface area contributed by atoms with Gasteiger partial charge in [0.2, 0.25) is 0 Å². The summed E-state index contributed by atoms with van der Waals surface area (Å²) in [5, 5.41) is 17.8. The van der Waals surface area contributed by atoms with E-state index in [1.165, 1.54) is 0 Å². The van der Waals surface area contributed by atoms with Crippen LogP contribution < -0.4 is 0 Å². The van der Waals surface area contributed by atoms with Crippen molar-refractivity contribution in [3.05, 3.63) is 0 Å². The molecule has 0 aliphatic heterocycles. The molecule has 0 bridgehead atoms. The van der Waals surface area contributed by atoms with Crippen molar-refractivity contribution in [2.75, 3.05) is 12.4 Å². The van der Waals surface area contributed by atoms with E-state index in [-0.39, 0.29) is 24.7 Å². The number of hydrogen-bond acceptors (Lipinski definition) is 4. The van der Waals surface area contributed by atoms with Gasteiger partial charge in [-0.3, -0.25) is 0 Å². The molecule has 1 rings (SSSR count). The van der Waals surface area contributed by atoms with Crippen LogP contribution in [0.3, 0.4) is 0 Å². The topological polar surface area (TPSA) is 78.2 Å². The van der Waals surface area contributed by atoms with E-state index in [0.29, 0.717) is 6.42 Å². The van der Waals surface area contributed by atoms with Crippen molar-refractivity contribution >= 4 is 9.84 Å². The summed E-state index contributed by atoms with van der Waals surface area (Å²) in [6.07, 6.45) is 0.766. The highest BCUT2D eigenvalue weighted by atomic mass is 32.2. The molecule has 0 spiro atoms. The van der Waals surface area contributed by atoms with E-state index in [1.807, 2.05) is 6.92 Å². The van der Waals surface area contributed by atoms with Gasteiger partial charge in [-0.05, 0) is 18.8 Å². The van der Waals surface area contributed by atoms with E-state index < -0.39 is 20.5 Å². The first kappa shape index (κ1) is 12.5.